The number of hydrogen-bond donors (Lipinski definition) is 3. The monoisotopic (exact) mass is 252 g/mol. The number of carbonyl (C=O) groups excluding carboxylic acids is 1. The predicted molar refractivity (Wildman–Crippen MR) is 66.8 cm³/mol. The molecule has 1 aromatic carbocycles. The van der Waals surface area contributed by atoms with E-state index < -0.39 is 17.9 Å². The highest BCUT2D eigenvalue weighted by Crippen LogP contribution is 2.25. The van der Waals surface area contributed by atoms with Crippen LogP contribution in [-0.2, 0) is 9.59 Å². The predicted octanol–water partition coefficient (Wildman–Crippen LogP) is 0.615. The number of rotatable bonds is 5. The summed E-state index contributed by atoms with van der Waals surface area (Å²) in [6, 6.07) is 3.96. The normalized spacial score (nSPS) is 11.7. The van der Waals surface area contributed by atoms with Crippen LogP contribution in [0.3, 0.4) is 0 Å². The smallest absolute Gasteiger partial charge is 0.330 e. The van der Waals surface area contributed by atoms with E-state index in [-0.39, 0.29) is 0 Å². The summed E-state index contributed by atoms with van der Waals surface area (Å²) < 4.78 is 5.09. The lowest BCUT2D eigenvalue weighted by Gasteiger charge is -2.14. The Hall–Kier alpha value is -2.08. The third kappa shape index (κ3) is 3.21. The Morgan fingerprint density at radius 2 is 2.06 bits per heavy atom. The van der Waals surface area contributed by atoms with Crippen molar-refractivity contribution in [2.45, 2.75) is 13.0 Å². The molecule has 0 aliphatic rings. The van der Waals surface area contributed by atoms with E-state index in [1.807, 2.05) is 13.0 Å². The summed E-state index contributed by atoms with van der Waals surface area (Å²) in [4.78, 5) is 22.6. The Bertz CT molecular complexity index is 459. The minimum absolute atomic E-state index is 0.448. The van der Waals surface area contributed by atoms with Crippen LogP contribution in [0, 0.1) is 6.92 Å². The third-order valence-electron chi connectivity index (χ3n) is 2.41. The van der Waals surface area contributed by atoms with Crippen molar-refractivity contribution in [1.29, 1.82) is 0 Å². The molecule has 0 saturated carbocycles. The number of hydrogen-bond acceptors (Lipinski definition) is 4. The van der Waals surface area contributed by atoms with E-state index in [2.05, 4.69) is 10.6 Å². The number of amides is 1. The molecule has 0 heterocycles. The van der Waals surface area contributed by atoms with Gasteiger partial charge in [0.2, 0.25) is 0 Å². The van der Waals surface area contributed by atoms with Gasteiger partial charge in [-0.05, 0) is 31.7 Å². The van der Waals surface area contributed by atoms with E-state index in [4.69, 9.17) is 9.84 Å². The number of methoxy groups -OCH3 is 1. The molecular formula is C12H16N2O4. The number of aliphatic carboxylic acids is 1. The van der Waals surface area contributed by atoms with Crippen molar-refractivity contribution < 1.29 is 19.4 Å². The topological polar surface area (TPSA) is 87.7 Å². The van der Waals surface area contributed by atoms with Crippen LogP contribution in [0.5, 0.6) is 5.75 Å². The van der Waals surface area contributed by atoms with E-state index in [0.717, 1.165) is 5.56 Å². The highest BCUT2D eigenvalue weighted by molar-refractivity contribution is 6.08. The van der Waals surface area contributed by atoms with E-state index in [9.17, 15) is 9.59 Å². The van der Waals surface area contributed by atoms with Crippen molar-refractivity contribution in [3.63, 3.8) is 0 Å². The van der Waals surface area contributed by atoms with E-state index in [1.165, 1.54) is 14.2 Å². The number of aryl methyl sites for hydroxylation is 1. The van der Waals surface area contributed by atoms with Crippen LogP contribution >= 0.6 is 0 Å². The molecule has 18 heavy (non-hydrogen) atoms. The summed E-state index contributed by atoms with van der Waals surface area (Å²) in [5, 5.41) is 13.8. The fourth-order valence-corrected chi connectivity index (χ4v) is 1.49. The lowest BCUT2D eigenvalue weighted by atomic mass is 10.2. The molecule has 0 aliphatic heterocycles. The average Bonchev–Trinajstić information content (AvgIpc) is 2.29. The fraction of sp³-hybridized carbons (Fsp3) is 0.333. The van der Waals surface area contributed by atoms with Crippen LogP contribution in [0.2, 0.25) is 0 Å². The van der Waals surface area contributed by atoms with Crippen molar-refractivity contribution in [1.82, 2.24) is 5.32 Å². The van der Waals surface area contributed by atoms with Gasteiger partial charge in [-0.1, -0.05) is 6.07 Å². The maximum atomic E-state index is 11.8. The first-order chi connectivity index (χ1) is 8.49. The van der Waals surface area contributed by atoms with Gasteiger partial charge < -0.3 is 15.2 Å². The third-order valence-corrected chi connectivity index (χ3v) is 2.41. The summed E-state index contributed by atoms with van der Waals surface area (Å²) in [6.07, 6.45) is 0. The second kappa shape index (κ2) is 6.02. The minimum atomic E-state index is -1.30. The molecule has 0 spiro atoms. The molecule has 1 atom stereocenters. The van der Waals surface area contributed by atoms with Gasteiger partial charge in [-0.15, -0.1) is 0 Å². The first kappa shape index (κ1) is 14.0. The van der Waals surface area contributed by atoms with Crippen LogP contribution < -0.4 is 15.4 Å². The summed E-state index contributed by atoms with van der Waals surface area (Å²) in [5.41, 5.74) is 1.38. The molecule has 1 unspecified atom stereocenters. The van der Waals surface area contributed by atoms with Crippen molar-refractivity contribution in [2.24, 2.45) is 0 Å². The van der Waals surface area contributed by atoms with E-state index in [1.54, 1.807) is 12.1 Å². The van der Waals surface area contributed by atoms with Gasteiger partial charge in [-0.3, -0.25) is 10.1 Å². The quantitative estimate of drug-likeness (QED) is 0.668. The Balaban J connectivity index is 2.93. The molecule has 0 aromatic heterocycles. The lowest BCUT2D eigenvalue weighted by molar-refractivity contribution is -0.142. The van der Waals surface area contributed by atoms with E-state index in [0.29, 0.717) is 11.4 Å². The van der Waals surface area contributed by atoms with Crippen LogP contribution in [0.1, 0.15) is 5.56 Å². The van der Waals surface area contributed by atoms with E-state index >= 15 is 0 Å². The molecule has 0 fully saturated rings. The standard InChI is InChI=1S/C12H16N2O4/c1-7-4-5-9(18-3)8(6-7)14-11(15)10(13-2)12(16)17/h4-6,10,13H,1-3H3,(H,14,15)(H,16,17). The van der Waals surface area contributed by atoms with Crippen LogP contribution in [-0.4, -0.2) is 37.2 Å². The first-order valence-corrected chi connectivity index (χ1v) is 5.35. The van der Waals surface area contributed by atoms with Gasteiger partial charge in [0, 0.05) is 0 Å². The van der Waals surface area contributed by atoms with Gasteiger partial charge in [0.05, 0.1) is 12.8 Å². The van der Waals surface area contributed by atoms with Gasteiger partial charge in [-0.25, -0.2) is 4.79 Å². The number of likely N-dealkylation sites (N-methyl/N-ethyl adjacent to an activating group) is 1. The largest absolute Gasteiger partial charge is 0.495 e. The molecule has 1 aromatic rings. The number of carboxylic acid groups (broad SMARTS) is 1. The maximum absolute atomic E-state index is 11.8. The second-order valence-corrected chi connectivity index (χ2v) is 3.75. The molecule has 0 saturated heterocycles. The molecular weight excluding hydrogens is 236 g/mol. The lowest BCUT2D eigenvalue weighted by Crippen LogP contribution is -2.44. The van der Waals surface area contributed by atoms with Crippen LogP contribution in [0.4, 0.5) is 5.69 Å². The van der Waals surface area contributed by atoms with Crippen molar-refractivity contribution in [2.75, 3.05) is 19.5 Å². The van der Waals surface area contributed by atoms with Crippen LogP contribution in [0.25, 0.3) is 0 Å². The molecule has 6 nitrogen and oxygen atoms in total. The zero-order chi connectivity index (χ0) is 13.7. The van der Waals surface area contributed by atoms with Gasteiger partial charge >= 0.3 is 5.97 Å². The number of carboxylic acids is 1. The fourth-order valence-electron chi connectivity index (χ4n) is 1.49. The minimum Gasteiger partial charge on any atom is -0.495 e. The number of anilines is 1. The highest BCUT2D eigenvalue weighted by Gasteiger charge is 2.24. The van der Waals surface area contributed by atoms with Crippen molar-refractivity contribution >= 4 is 17.6 Å². The summed E-state index contributed by atoms with van der Waals surface area (Å²) in [7, 11) is 2.89. The Morgan fingerprint density at radius 1 is 1.39 bits per heavy atom. The average molecular weight is 252 g/mol. The molecule has 1 rings (SSSR count). The zero-order valence-electron chi connectivity index (χ0n) is 10.5. The number of ether oxygens (including phenoxy) is 1. The van der Waals surface area contributed by atoms with Crippen molar-refractivity contribution in [3.05, 3.63) is 23.8 Å². The van der Waals surface area contributed by atoms with Crippen LogP contribution in [0.15, 0.2) is 18.2 Å². The number of benzene rings is 1. The Labute approximate surface area is 105 Å². The summed E-state index contributed by atoms with van der Waals surface area (Å²) in [6.45, 7) is 1.86. The number of carbonyl (C=O) groups is 2. The SMILES string of the molecule is CNC(C(=O)O)C(=O)Nc1cc(C)ccc1OC. The Kier molecular flexibility index (Phi) is 4.67. The molecule has 0 radical (unpaired) electrons. The molecule has 6 heteroatoms. The van der Waals surface area contributed by atoms with Gasteiger partial charge in [-0.2, -0.15) is 0 Å². The highest BCUT2D eigenvalue weighted by atomic mass is 16.5. The molecule has 0 aliphatic carbocycles. The summed E-state index contributed by atoms with van der Waals surface area (Å²) >= 11 is 0. The van der Waals surface area contributed by atoms with Gasteiger partial charge in [0.1, 0.15) is 5.75 Å². The zero-order valence-corrected chi connectivity index (χ0v) is 10.5. The molecule has 98 valence electrons. The summed E-state index contributed by atoms with van der Waals surface area (Å²) in [5.74, 6) is -1.40. The molecule has 0 bridgehead atoms. The molecule has 3 N–H and O–H groups in total. The number of nitrogens with one attached hydrogen (secondary N) is 2. The van der Waals surface area contributed by atoms with Gasteiger partial charge in [0.25, 0.3) is 5.91 Å². The Morgan fingerprint density at radius 3 is 2.56 bits per heavy atom. The van der Waals surface area contributed by atoms with Gasteiger partial charge in [0.15, 0.2) is 6.04 Å². The molecule has 1 amide bonds. The van der Waals surface area contributed by atoms with Crippen molar-refractivity contribution in [3.8, 4) is 5.75 Å². The first-order valence-electron chi connectivity index (χ1n) is 5.35. The second-order valence-electron chi connectivity index (χ2n) is 3.75. The maximum Gasteiger partial charge on any atom is 0.330 e.